The van der Waals surface area contributed by atoms with E-state index in [1.165, 1.54) is 18.3 Å². The number of aromatic nitrogens is 1. The van der Waals surface area contributed by atoms with Crippen molar-refractivity contribution in [3.8, 4) is 12.3 Å². The number of hydrogen-bond donors (Lipinski definition) is 3. The number of carbonyl (C=O) groups is 2. The fraction of sp³-hybridized carbons (Fsp3) is 0.367. The van der Waals surface area contributed by atoms with Crippen molar-refractivity contribution in [1.29, 1.82) is 0 Å². The molecule has 1 fully saturated rings. The second-order valence-electron chi connectivity index (χ2n) is 10.3. The van der Waals surface area contributed by atoms with Crippen LogP contribution in [0.2, 0.25) is 0 Å². The van der Waals surface area contributed by atoms with Crippen LogP contribution in [0.5, 0.6) is 0 Å². The molecule has 1 saturated carbocycles. The molecule has 10 nitrogen and oxygen atoms in total. The minimum Gasteiger partial charge on any atom is -0.330 e. The predicted octanol–water partition coefficient (Wildman–Crippen LogP) is 3.09. The van der Waals surface area contributed by atoms with Crippen LogP contribution in [0.4, 0.5) is 0 Å². The Hall–Kier alpha value is -3.69. The number of sulfonamides is 1. The highest BCUT2D eigenvalue weighted by Gasteiger charge is 2.47. The van der Waals surface area contributed by atoms with Crippen LogP contribution in [-0.2, 0) is 26.3 Å². The van der Waals surface area contributed by atoms with Gasteiger partial charge in [-0.15, -0.1) is 6.42 Å². The second kappa shape index (κ2) is 14.0. The van der Waals surface area contributed by atoms with Crippen LogP contribution >= 0.6 is 11.6 Å². The second-order valence-corrected chi connectivity index (χ2v) is 12.6. The van der Waals surface area contributed by atoms with Crippen molar-refractivity contribution < 1.29 is 22.8 Å². The Morgan fingerprint density at radius 2 is 1.98 bits per heavy atom. The summed E-state index contributed by atoms with van der Waals surface area (Å²) in [6.07, 6.45) is 15.6. The molecule has 222 valence electrons. The van der Waals surface area contributed by atoms with Crippen molar-refractivity contribution in [2.75, 3.05) is 6.26 Å². The first-order valence-electron chi connectivity index (χ1n) is 13.6. The van der Waals surface area contributed by atoms with Crippen molar-refractivity contribution in [2.24, 2.45) is 0 Å². The summed E-state index contributed by atoms with van der Waals surface area (Å²) in [7, 11) is -3.56. The van der Waals surface area contributed by atoms with Gasteiger partial charge in [-0.3, -0.25) is 19.2 Å². The number of fused-ring (bicyclic) bond motifs is 1. The Kier molecular flexibility index (Phi) is 10.4. The zero-order chi connectivity index (χ0) is 30.3. The topological polar surface area (TPSA) is 138 Å². The number of amides is 2. The van der Waals surface area contributed by atoms with Gasteiger partial charge in [-0.25, -0.2) is 18.6 Å². The van der Waals surface area contributed by atoms with Crippen LogP contribution in [0, 0.1) is 12.3 Å². The molecule has 2 heterocycles. The molecule has 3 N–H and O–H groups in total. The number of allylic oxidation sites excluding steroid dienone is 3. The quantitative estimate of drug-likeness (QED) is 0.214. The van der Waals surface area contributed by atoms with Gasteiger partial charge in [0, 0.05) is 41.0 Å². The van der Waals surface area contributed by atoms with E-state index in [4.69, 9.17) is 22.9 Å². The fourth-order valence-electron chi connectivity index (χ4n) is 5.67. The number of aromatic amines is 1. The average molecular weight is 613 g/mol. The maximum Gasteiger partial charge on any atom is 0.254 e. The monoisotopic (exact) mass is 612 g/mol. The van der Waals surface area contributed by atoms with Gasteiger partial charge in [0.25, 0.3) is 11.8 Å². The molecule has 1 aromatic carbocycles. The molecule has 1 aliphatic heterocycles. The summed E-state index contributed by atoms with van der Waals surface area (Å²) in [4.78, 5) is 49.0. The van der Waals surface area contributed by atoms with Crippen LogP contribution in [0.3, 0.4) is 0 Å². The molecule has 0 spiro atoms. The maximum absolute atomic E-state index is 14.1. The highest BCUT2D eigenvalue weighted by atomic mass is 35.5. The lowest BCUT2D eigenvalue weighted by Crippen LogP contribution is -2.62. The molecule has 1 aliphatic carbocycles. The molecular weight excluding hydrogens is 580 g/mol. The lowest BCUT2D eigenvalue weighted by atomic mass is 9.78. The number of rotatable bonds is 10. The minimum atomic E-state index is -3.56. The van der Waals surface area contributed by atoms with Gasteiger partial charge in [-0.2, -0.15) is 0 Å². The molecule has 4 atom stereocenters. The van der Waals surface area contributed by atoms with Crippen LogP contribution in [0.1, 0.15) is 59.5 Å². The average Bonchev–Trinajstić information content (AvgIpc) is 2.94. The van der Waals surface area contributed by atoms with E-state index >= 15 is 0 Å². The van der Waals surface area contributed by atoms with Gasteiger partial charge in [-0.05, 0) is 48.6 Å². The molecular formula is C30H33ClN4O6S. The van der Waals surface area contributed by atoms with E-state index in [-0.39, 0.29) is 24.5 Å². The zero-order valence-electron chi connectivity index (χ0n) is 23.1. The first-order valence-corrected chi connectivity index (χ1v) is 15.8. The first-order chi connectivity index (χ1) is 20.1. The van der Waals surface area contributed by atoms with Gasteiger partial charge in [0.1, 0.15) is 6.61 Å². The number of benzene rings is 1. The molecule has 2 amide bonds. The molecule has 2 aliphatic rings. The maximum atomic E-state index is 14.1. The first kappa shape index (κ1) is 31.3. The smallest absolute Gasteiger partial charge is 0.254 e. The van der Waals surface area contributed by atoms with E-state index in [2.05, 4.69) is 21.1 Å². The summed E-state index contributed by atoms with van der Waals surface area (Å²) in [6.45, 7) is -0.000426. The highest BCUT2D eigenvalue weighted by Crippen LogP contribution is 2.39. The summed E-state index contributed by atoms with van der Waals surface area (Å²) in [5.74, 6) is 0.750. The molecule has 42 heavy (non-hydrogen) atoms. The van der Waals surface area contributed by atoms with Gasteiger partial charge in [0.15, 0.2) is 0 Å². The summed E-state index contributed by atoms with van der Waals surface area (Å²) in [6, 6.07) is 8.16. The highest BCUT2D eigenvalue weighted by molar-refractivity contribution is 7.88. The SMILES string of the molecule is C#C/C=C(Cl)\C=C/C[C@H]1[C@H](C(=O)NOCc2ccc(=O)[nH]c2)c2ccccc2C(=O)N1[C@H]1CCCC[C@@H]1NS(C)(=O)=O. The number of hydrogen-bond acceptors (Lipinski definition) is 6. The molecule has 0 unspecified atom stereocenters. The molecule has 1 aromatic heterocycles. The number of carbonyl (C=O) groups excluding carboxylic acids is 2. The van der Waals surface area contributed by atoms with Crippen molar-refractivity contribution in [1.82, 2.24) is 20.1 Å². The number of halogens is 1. The van der Waals surface area contributed by atoms with Gasteiger partial charge >= 0.3 is 0 Å². The van der Waals surface area contributed by atoms with Crippen molar-refractivity contribution >= 4 is 33.4 Å². The van der Waals surface area contributed by atoms with Gasteiger partial charge in [0.2, 0.25) is 15.6 Å². The van der Waals surface area contributed by atoms with E-state index < -0.39 is 40.0 Å². The van der Waals surface area contributed by atoms with Crippen LogP contribution < -0.4 is 15.8 Å². The Labute approximate surface area is 250 Å². The standard InChI is InChI=1S/C30H33ClN4O6S/c1-3-9-21(31)10-8-15-26-28(29(37)33-41-19-20-16-17-27(36)32-18-20)22-11-4-5-12-23(22)30(38)35(26)25-14-7-6-13-24(25)34-42(2,39)40/h1,4-5,8-12,16-18,24-26,28,34H,6-7,13-15,19H2,2H3,(H,32,36)(H,33,37)/b10-8-,21-9+/t24-,25-,26-,28+/m0/s1. The fourth-order valence-corrected chi connectivity index (χ4v) is 6.65. The van der Waals surface area contributed by atoms with E-state index in [1.54, 1.807) is 47.4 Å². The summed E-state index contributed by atoms with van der Waals surface area (Å²) < 4.78 is 27.2. The summed E-state index contributed by atoms with van der Waals surface area (Å²) in [5.41, 5.74) is 3.81. The van der Waals surface area contributed by atoms with Gasteiger partial charge in [0.05, 0.1) is 18.2 Å². The number of hydroxylamine groups is 1. The number of H-pyrrole nitrogens is 1. The van der Waals surface area contributed by atoms with Gasteiger partial charge < -0.3 is 9.88 Å². The van der Waals surface area contributed by atoms with E-state index in [0.717, 1.165) is 19.1 Å². The molecule has 2 aromatic rings. The molecule has 4 rings (SSSR count). The van der Waals surface area contributed by atoms with E-state index in [1.807, 2.05) is 0 Å². The number of pyridine rings is 1. The Balaban J connectivity index is 1.71. The van der Waals surface area contributed by atoms with E-state index in [0.29, 0.717) is 34.6 Å². The Bertz CT molecular complexity index is 1560. The van der Waals surface area contributed by atoms with Gasteiger partial charge in [-0.1, -0.05) is 54.6 Å². The summed E-state index contributed by atoms with van der Waals surface area (Å²) in [5, 5.41) is 0.311. The molecule has 0 bridgehead atoms. The zero-order valence-corrected chi connectivity index (χ0v) is 24.7. The third-order valence-electron chi connectivity index (χ3n) is 7.37. The number of terminal acetylenes is 1. The van der Waals surface area contributed by atoms with Crippen LogP contribution in [-0.4, -0.2) is 54.5 Å². The molecule has 0 radical (unpaired) electrons. The lowest BCUT2D eigenvalue weighted by molar-refractivity contribution is -0.138. The van der Waals surface area contributed by atoms with Crippen molar-refractivity contribution in [3.63, 3.8) is 0 Å². The minimum absolute atomic E-state index is 0.000426. The lowest BCUT2D eigenvalue weighted by Gasteiger charge is -2.48. The third kappa shape index (κ3) is 7.77. The summed E-state index contributed by atoms with van der Waals surface area (Å²) >= 11 is 6.18. The normalized spacial score (nSPS) is 22.9. The van der Waals surface area contributed by atoms with E-state index in [9.17, 15) is 22.8 Å². The predicted molar refractivity (Wildman–Crippen MR) is 160 cm³/mol. The molecule has 0 saturated heterocycles. The molecule has 12 heteroatoms. The third-order valence-corrected chi connectivity index (χ3v) is 8.34. The number of nitrogens with zero attached hydrogens (tertiary/aromatic N) is 1. The van der Waals surface area contributed by atoms with Crippen LogP contribution in [0.25, 0.3) is 0 Å². The van der Waals surface area contributed by atoms with Crippen molar-refractivity contribution in [2.45, 2.75) is 62.8 Å². The number of nitrogens with one attached hydrogen (secondary N) is 3. The van der Waals surface area contributed by atoms with Crippen molar-refractivity contribution in [3.05, 3.63) is 92.9 Å². The Morgan fingerprint density at radius 3 is 2.69 bits per heavy atom. The van der Waals surface area contributed by atoms with Crippen LogP contribution in [0.15, 0.2) is 70.6 Å². The Morgan fingerprint density at radius 1 is 1.21 bits per heavy atom. The largest absolute Gasteiger partial charge is 0.330 e.